The molecular weight excluding hydrogens is 200 g/mol. The molecule has 2 N–H and O–H groups in total. The van der Waals surface area contributed by atoms with Crippen LogP contribution in [-0.2, 0) is 0 Å². The molecule has 3 nitrogen and oxygen atoms in total. The molecule has 1 aliphatic rings. The van der Waals surface area contributed by atoms with Crippen molar-refractivity contribution >= 4 is 11.6 Å². The number of hydrogen-bond acceptors (Lipinski definition) is 2. The predicted octanol–water partition coefficient (Wildman–Crippen LogP) is 2.06. The summed E-state index contributed by atoms with van der Waals surface area (Å²) in [7, 11) is 1.86. The highest BCUT2D eigenvalue weighted by molar-refractivity contribution is 5.96. The number of nitrogens with zero attached hydrogens (tertiary/aromatic N) is 1. The average Bonchev–Trinajstić information content (AvgIpc) is 3.05. The van der Waals surface area contributed by atoms with Gasteiger partial charge in [0, 0.05) is 24.8 Å². The van der Waals surface area contributed by atoms with Crippen LogP contribution in [0.15, 0.2) is 18.2 Å². The number of benzene rings is 1. The van der Waals surface area contributed by atoms with Crippen LogP contribution >= 0.6 is 0 Å². The molecule has 1 aliphatic carbocycles. The van der Waals surface area contributed by atoms with Gasteiger partial charge in [-0.05, 0) is 43.4 Å². The first-order chi connectivity index (χ1) is 7.59. The van der Waals surface area contributed by atoms with Gasteiger partial charge in [-0.25, -0.2) is 0 Å². The van der Waals surface area contributed by atoms with E-state index in [-0.39, 0.29) is 5.91 Å². The highest BCUT2D eigenvalue weighted by atomic mass is 16.2. The van der Waals surface area contributed by atoms with E-state index in [9.17, 15) is 4.79 Å². The third-order valence-electron chi connectivity index (χ3n) is 3.18. The molecule has 3 heteroatoms. The lowest BCUT2D eigenvalue weighted by Crippen LogP contribution is -2.29. The van der Waals surface area contributed by atoms with Gasteiger partial charge in [0.15, 0.2) is 0 Å². The van der Waals surface area contributed by atoms with E-state index in [1.54, 1.807) is 4.90 Å². The third-order valence-corrected chi connectivity index (χ3v) is 3.18. The molecule has 1 fully saturated rings. The second-order valence-electron chi connectivity index (χ2n) is 4.65. The zero-order chi connectivity index (χ0) is 11.7. The van der Waals surface area contributed by atoms with Crippen molar-refractivity contribution in [3.8, 4) is 0 Å². The SMILES string of the molecule is Cc1c(N)cccc1C(=O)N(C)CC1CC1. The van der Waals surface area contributed by atoms with Gasteiger partial charge in [0.1, 0.15) is 0 Å². The highest BCUT2D eigenvalue weighted by Crippen LogP contribution is 2.30. The van der Waals surface area contributed by atoms with E-state index >= 15 is 0 Å². The van der Waals surface area contributed by atoms with Crippen LogP contribution < -0.4 is 5.73 Å². The fourth-order valence-electron chi connectivity index (χ4n) is 1.86. The Labute approximate surface area is 96.2 Å². The van der Waals surface area contributed by atoms with Gasteiger partial charge in [0.05, 0.1) is 0 Å². The molecule has 1 amide bonds. The molecular formula is C13H18N2O. The molecule has 0 bridgehead atoms. The Morgan fingerprint density at radius 2 is 2.19 bits per heavy atom. The fraction of sp³-hybridized carbons (Fsp3) is 0.462. The van der Waals surface area contributed by atoms with Crippen LogP contribution in [0.1, 0.15) is 28.8 Å². The topological polar surface area (TPSA) is 46.3 Å². The maximum atomic E-state index is 12.2. The van der Waals surface area contributed by atoms with E-state index in [4.69, 9.17) is 5.73 Å². The molecule has 0 aliphatic heterocycles. The van der Waals surface area contributed by atoms with E-state index in [0.29, 0.717) is 5.69 Å². The predicted molar refractivity (Wildman–Crippen MR) is 65.3 cm³/mol. The summed E-state index contributed by atoms with van der Waals surface area (Å²) in [6.07, 6.45) is 2.51. The Balaban J connectivity index is 2.15. The first-order valence-electron chi connectivity index (χ1n) is 5.70. The molecule has 1 saturated carbocycles. The minimum absolute atomic E-state index is 0.0803. The van der Waals surface area contributed by atoms with Crippen molar-refractivity contribution in [2.45, 2.75) is 19.8 Å². The summed E-state index contributed by atoms with van der Waals surface area (Å²) in [6, 6.07) is 5.50. The summed E-state index contributed by atoms with van der Waals surface area (Å²) in [6.45, 7) is 2.76. The summed E-state index contributed by atoms with van der Waals surface area (Å²) in [5.74, 6) is 0.798. The van der Waals surface area contributed by atoms with Crippen molar-refractivity contribution in [1.82, 2.24) is 4.90 Å². The number of hydrogen-bond donors (Lipinski definition) is 1. The lowest BCUT2D eigenvalue weighted by atomic mass is 10.1. The Kier molecular flexibility index (Phi) is 2.86. The number of rotatable bonds is 3. The van der Waals surface area contributed by atoms with Crippen LogP contribution in [-0.4, -0.2) is 24.4 Å². The zero-order valence-electron chi connectivity index (χ0n) is 9.86. The van der Waals surface area contributed by atoms with Crippen LogP contribution in [0, 0.1) is 12.8 Å². The number of nitrogens with two attached hydrogens (primary N) is 1. The summed E-state index contributed by atoms with van der Waals surface area (Å²) in [4.78, 5) is 14.0. The largest absolute Gasteiger partial charge is 0.398 e. The maximum absolute atomic E-state index is 12.2. The second-order valence-corrected chi connectivity index (χ2v) is 4.65. The van der Waals surface area contributed by atoms with Crippen molar-refractivity contribution in [3.05, 3.63) is 29.3 Å². The smallest absolute Gasteiger partial charge is 0.253 e. The lowest BCUT2D eigenvalue weighted by Gasteiger charge is -2.18. The minimum Gasteiger partial charge on any atom is -0.398 e. The Morgan fingerprint density at radius 1 is 1.50 bits per heavy atom. The normalized spacial score (nSPS) is 14.9. The molecule has 1 aromatic carbocycles. The molecule has 1 aromatic rings. The second kappa shape index (κ2) is 4.16. The zero-order valence-corrected chi connectivity index (χ0v) is 9.86. The number of nitrogen functional groups attached to an aromatic ring is 1. The van der Waals surface area contributed by atoms with E-state index in [1.165, 1.54) is 12.8 Å². The Morgan fingerprint density at radius 3 is 2.81 bits per heavy atom. The molecule has 0 unspecified atom stereocenters. The molecule has 86 valence electrons. The van der Waals surface area contributed by atoms with Crippen molar-refractivity contribution < 1.29 is 4.79 Å². The summed E-state index contributed by atoms with van der Waals surface area (Å²) in [5, 5.41) is 0. The van der Waals surface area contributed by atoms with Crippen LogP contribution in [0.25, 0.3) is 0 Å². The molecule has 2 rings (SSSR count). The fourth-order valence-corrected chi connectivity index (χ4v) is 1.86. The van der Waals surface area contributed by atoms with Gasteiger partial charge in [0.2, 0.25) is 0 Å². The van der Waals surface area contributed by atoms with E-state index in [1.807, 2.05) is 32.2 Å². The Hall–Kier alpha value is -1.51. The molecule has 0 atom stereocenters. The summed E-state index contributed by atoms with van der Waals surface area (Å²) < 4.78 is 0. The standard InChI is InChI=1S/C13H18N2O/c1-9-11(4-3-5-12(9)14)13(16)15(2)8-10-6-7-10/h3-5,10H,6-8,14H2,1-2H3. The van der Waals surface area contributed by atoms with Gasteiger partial charge in [0.25, 0.3) is 5.91 Å². The van der Waals surface area contributed by atoms with Crippen LogP contribution in [0.3, 0.4) is 0 Å². The molecule has 0 saturated heterocycles. The van der Waals surface area contributed by atoms with E-state index < -0.39 is 0 Å². The van der Waals surface area contributed by atoms with Crippen molar-refractivity contribution in [3.63, 3.8) is 0 Å². The van der Waals surface area contributed by atoms with Crippen molar-refractivity contribution in [2.24, 2.45) is 5.92 Å². The highest BCUT2D eigenvalue weighted by Gasteiger charge is 2.25. The van der Waals surface area contributed by atoms with Gasteiger partial charge in [-0.2, -0.15) is 0 Å². The quantitative estimate of drug-likeness (QED) is 0.789. The van der Waals surface area contributed by atoms with Gasteiger partial charge >= 0.3 is 0 Å². The van der Waals surface area contributed by atoms with Gasteiger partial charge in [-0.15, -0.1) is 0 Å². The van der Waals surface area contributed by atoms with Crippen LogP contribution in [0.2, 0.25) is 0 Å². The molecule has 0 aromatic heterocycles. The average molecular weight is 218 g/mol. The van der Waals surface area contributed by atoms with Gasteiger partial charge in [-0.1, -0.05) is 6.07 Å². The monoisotopic (exact) mass is 218 g/mol. The van der Waals surface area contributed by atoms with E-state index in [0.717, 1.165) is 23.6 Å². The first kappa shape index (κ1) is 11.0. The Bertz CT molecular complexity index is 410. The minimum atomic E-state index is 0.0803. The number of amides is 1. The van der Waals surface area contributed by atoms with Crippen molar-refractivity contribution in [1.29, 1.82) is 0 Å². The summed E-state index contributed by atoms with van der Waals surface area (Å²) in [5.41, 5.74) is 8.10. The number of anilines is 1. The summed E-state index contributed by atoms with van der Waals surface area (Å²) >= 11 is 0. The lowest BCUT2D eigenvalue weighted by molar-refractivity contribution is 0.0788. The van der Waals surface area contributed by atoms with Crippen LogP contribution in [0.5, 0.6) is 0 Å². The third kappa shape index (κ3) is 2.18. The number of carbonyl (C=O) groups excluding carboxylic acids is 1. The van der Waals surface area contributed by atoms with E-state index in [2.05, 4.69) is 0 Å². The van der Waals surface area contributed by atoms with Crippen molar-refractivity contribution in [2.75, 3.05) is 19.3 Å². The number of carbonyl (C=O) groups is 1. The van der Waals surface area contributed by atoms with Crippen LogP contribution in [0.4, 0.5) is 5.69 Å². The van der Waals surface area contributed by atoms with Gasteiger partial charge in [-0.3, -0.25) is 4.79 Å². The molecule has 16 heavy (non-hydrogen) atoms. The molecule has 0 heterocycles. The maximum Gasteiger partial charge on any atom is 0.253 e. The molecule has 0 radical (unpaired) electrons. The van der Waals surface area contributed by atoms with Gasteiger partial charge < -0.3 is 10.6 Å². The first-order valence-corrected chi connectivity index (χ1v) is 5.70. The molecule has 0 spiro atoms.